The van der Waals surface area contributed by atoms with Crippen molar-refractivity contribution in [3.63, 3.8) is 0 Å². The average molecular weight is 610 g/mol. The number of para-hydroxylation sites is 1. The number of ether oxygens (including phenoxy) is 1. The summed E-state index contributed by atoms with van der Waals surface area (Å²) in [7, 11) is 0. The molecule has 1 N–H and O–H groups in total. The van der Waals surface area contributed by atoms with Crippen molar-refractivity contribution in [3.05, 3.63) is 138 Å². The predicted octanol–water partition coefficient (Wildman–Crippen LogP) is 6.15. The summed E-state index contributed by atoms with van der Waals surface area (Å²) in [6.07, 6.45) is 4.99. The number of nitriles is 1. The Kier molecular flexibility index (Phi) is 9.60. The number of benzene rings is 3. The number of amides is 2. The van der Waals surface area contributed by atoms with Crippen molar-refractivity contribution in [1.29, 1.82) is 5.26 Å². The van der Waals surface area contributed by atoms with Gasteiger partial charge in [0.25, 0.3) is 0 Å². The number of rotatable bonds is 10. The van der Waals surface area contributed by atoms with E-state index in [1.165, 1.54) is 0 Å². The lowest BCUT2D eigenvalue weighted by atomic mass is 9.81. The van der Waals surface area contributed by atoms with Crippen molar-refractivity contribution in [2.45, 2.75) is 37.8 Å². The van der Waals surface area contributed by atoms with Crippen LogP contribution in [0.1, 0.15) is 47.2 Å². The zero-order valence-electron chi connectivity index (χ0n) is 25.5. The van der Waals surface area contributed by atoms with Gasteiger partial charge in [-0.2, -0.15) is 5.26 Å². The van der Waals surface area contributed by atoms with E-state index in [1.807, 2.05) is 108 Å². The van der Waals surface area contributed by atoms with E-state index in [2.05, 4.69) is 21.4 Å². The molecule has 8 heteroatoms. The number of carbonyl (C=O) groups is 2. The van der Waals surface area contributed by atoms with Gasteiger partial charge in [-0.1, -0.05) is 72.8 Å². The van der Waals surface area contributed by atoms with Crippen molar-refractivity contribution >= 4 is 22.7 Å². The minimum absolute atomic E-state index is 0.125. The van der Waals surface area contributed by atoms with Crippen LogP contribution in [0.15, 0.2) is 116 Å². The van der Waals surface area contributed by atoms with Crippen LogP contribution in [0.4, 0.5) is 0 Å². The first-order valence-electron chi connectivity index (χ1n) is 15.6. The van der Waals surface area contributed by atoms with Crippen LogP contribution >= 0.6 is 0 Å². The normalized spacial score (nSPS) is 14.6. The van der Waals surface area contributed by atoms with Crippen LogP contribution in [0.25, 0.3) is 10.9 Å². The summed E-state index contributed by atoms with van der Waals surface area (Å²) >= 11 is 0. The molecule has 6 rings (SSSR count). The van der Waals surface area contributed by atoms with Gasteiger partial charge in [0.2, 0.25) is 11.8 Å². The van der Waals surface area contributed by atoms with Crippen LogP contribution < -0.4 is 10.1 Å². The molecule has 0 aliphatic carbocycles. The van der Waals surface area contributed by atoms with E-state index in [0.717, 1.165) is 33.3 Å². The fraction of sp³-hybridized carbons (Fsp3) is 0.237. The maximum Gasteiger partial charge on any atom is 0.249 e. The number of piperidine rings is 1. The number of hydrogen-bond acceptors (Lipinski definition) is 6. The predicted molar refractivity (Wildman–Crippen MR) is 175 cm³/mol. The molecule has 2 aromatic heterocycles. The maximum atomic E-state index is 13.8. The van der Waals surface area contributed by atoms with E-state index in [-0.39, 0.29) is 30.1 Å². The first-order valence-corrected chi connectivity index (χ1v) is 15.6. The molecule has 1 aliphatic heterocycles. The summed E-state index contributed by atoms with van der Waals surface area (Å²) in [5.74, 6) is 0.176. The van der Waals surface area contributed by atoms with E-state index in [1.54, 1.807) is 12.4 Å². The molecule has 0 bridgehead atoms. The van der Waals surface area contributed by atoms with Gasteiger partial charge in [-0.05, 0) is 65.8 Å². The summed E-state index contributed by atoms with van der Waals surface area (Å²) in [4.78, 5) is 37.7. The molecule has 5 aromatic rings. The molecule has 0 spiro atoms. The van der Waals surface area contributed by atoms with E-state index >= 15 is 0 Å². The fourth-order valence-corrected chi connectivity index (χ4v) is 6.03. The van der Waals surface area contributed by atoms with Crippen LogP contribution in [-0.2, 0) is 22.6 Å². The second-order valence-corrected chi connectivity index (χ2v) is 11.6. The number of hydrogen-bond donors (Lipinski definition) is 1. The Labute approximate surface area is 268 Å². The standard InChI is InChI=1S/C38H35N5O3/c39-24-34(31-10-6-20-40-25-31)28-18-21-43(22-19-28)38(45)37(30-8-2-1-3-9-30)42-36(44)23-27-12-16-33(17-13-27)46-26-32-15-14-29-7-4-5-11-35(29)41-32/h1-17,20,25,28,34,37H,18-19,21-23,26H2,(H,42,44)/t34?,37-/m1/s1. The molecule has 2 atom stereocenters. The van der Waals surface area contributed by atoms with Gasteiger partial charge in [0.1, 0.15) is 18.4 Å². The Bertz CT molecular complexity index is 1820. The fourth-order valence-electron chi connectivity index (χ4n) is 6.03. The molecule has 0 radical (unpaired) electrons. The van der Waals surface area contributed by atoms with Crippen LogP contribution in [0.5, 0.6) is 5.75 Å². The number of likely N-dealkylation sites (tertiary alicyclic amines) is 1. The summed E-state index contributed by atoms with van der Waals surface area (Å²) in [5.41, 5.74) is 4.22. The zero-order chi connectivity index (χ0) is 31.7. The molecule has 3 heterocycles. The van der Waals surface area contributed by atoms with Gasteiger partial charge in [0.15, 0.2) is 0 Å². The molecule has 1 fully saturated rings. The van der Waals surface area contributed by atoms with Crippen molar-refractivity contribution < 1.29 is 14.3 Å². The Morgan fingerprint density at radius 3 is 2.37 bits per heavy atom. The second-order valence-electron chi connectivity index (χ2n) is 11.6. The molecule has 8 nitrogen and oxygen atoms in total. The van der Waals surface area contributed by atoms with E-state index in [4.69, 9.17) is 4.74 Å². The number of pyridine rings is 2. The largest absolute Gasteiger partial charge is 0.487 e. The lowest BCUT2D eigenvalue weighted by Gasteiger charge is -2.36. The van der Waals surface area contributed by atoms with Crippen molar-refractivity contribution in [2.24, 2.45) is 5.92 Å². The zero-order valence-corrected chi connectivity index (χ0v) is 25.5. The van der Waals surface area contributed by atoms with E-state index in [0.29, 0.717) is 38.3 Å². The molecule has 2 amide bonds. The molecule has 230 valence electrons. The first-order chi connectivity index (χ1) is 22.6. The van der Waals surface area contributed by atoms with Gasteiger partial charge >= 0.3 is 0 Å². The molecular formula is C38H35N5O3. The smallest absolute Gasteiger partial charge is 0.249 e. The second kappa shape index (κ2) is 14.5. The Hall–Kier alpha value is -5.55. The lowest BCUT2D eigenvalue weighted by molar-refractivity contribution is -0.137. The molecule has 1 aliphatic rings. The maximum absolute atomic E-state index is 13.8. The molecule has 46 heavy (non-hydrogen) atoms. The third kappa shape index (κ3) is 7.39. The molecule has 1 saturated heterocycles. The van der Waals surface area contributed by atoms with Gasteiger partial charge in [-0.25, -0.2) is 4.98 Å². The summed E-state index contributed by atoms with van der Waals surface area (Å²) in [6.45, 7) is 1.39. The summed E-state index contributed by atoms with van der Waals surface area (Å²) < 4.78 is 5.94. The molecule has 1 unspecified atom stereocenters. The average Bonchev–Trinajstić information content (AvgIpc) is 3.11. The topological polar surface area (TPSA) is 108 Å². The number of aromatic nitrogens is 2. The molecule has 3 aromatic carbocycles. The van der Waals surface area contributed by atoms with Crippen molar-refractivity contribution in [2.75, 3.05) is 13.1 Å². The SMILES string of the molecule is N#CC(c1cccnc1)C1CCN(C(=O)[C@H](NC(=O)Cc2ccc(OCc3ccc4ccccc4n3)cc2)c2ccccc2)CC1. The minimum Gasteiger partial charge on any atom is -0.487 e. The van der Waals surface area contributed by atoms with Gasteiger partial charge in [0, 0.05) is 30.9 Å². The lowest BCUT2D eigenvalue weighted by Crippen LogP contribution is -2.46. The third-order valence-corrected chi connectivity index (χ3v) is 8.52. The van der Waals surface area contributed by atoms with Crippen molar-refractivity contribution in [1.82, 2.24) is 20.2 Å². The monoisotopic (exact) mass is 609 g/mol. The third-order valence-electron chi connectivity index (χ3n) is 8.52. The van der Waals surface area contributed by atoms with Crippen molar-refractivity contribution in [3.8, 4) is 11.8 Å². The van der Waals surface area contributed by atoms with Gasteiger partial charge in [0.05, 0.1) is 29.6 Å². The Balaban J connectivity index is 1.05. The number of carbonyl (C=O) groups excluding carboxylic acids is 2. The number of nitrogens with zero attached hydrogens (tertiary/aromatic N) is 4. The highest BCUT2D eigenvalue weighted by Crippen LogP contribution is 2.33. The minimum atomic E-state index is -0.799. The van der Waals surface area contributed by atoms with Crippen LogP contribution in [-0.4, -0.2) is 39.8 Å². The van der Waals surface area contributed by atoms with Gasteiger partial charge in [-0.3, -0.25) is 14.6 Å². The van der Waals surface area contributed by atoms with Gasteiger partial charge < -0.3 is 15.0 Å². The van der Waals surface area contributed by atoms with E-state index < -0.39 is 6.04 Å². The number of fused-ring (bicyclic) bond motifs is 1. The highest BCUT2D eigenvalue weighted by atomic mass is 16.5. The Morgan fingerprint density at radius 1 is 0.891 bits per heavy atom. The van der Waals surface area contributed by atoms with Crippen LogP contribution in [0, 0.1) is 17.2 Å². The molecule has 0 saturated carbocycles. The quantitative estimate of drug-likeness (QED) is 0.203. The number of nitrogens with one attached hydrogen (secondary N) is 1. The van der Waals surface area contributed by atoms with E-state index in [9.17, 15) is 14.9 Å². The Morgan fingerprint density at radius 2 is 1.63 bits per heavy atom. The van der Waals surface area contributed by atoms with Crippen LogP contribution in [0.3, 0.4) is 0 Å². The summed E-state index contributed by atoms with van der Waals surface area (Å²) in [6, 6.07) is 34.1. The van der Waals surface area contributed by atoms with Crippen LogP contribution in [0.2, 0.25) is 0 Å². The van der Waals surface area contributed by atoms with Gasteiger partial charge in [-0.15, -0.1) is 0 Å². The molecular weight excluding hydrogens is 574 g/mol. The summed E-state index contributed by atoms with van der Waals surface area (Å²) in [5, 5.41) is 13.9. The highest BCUT2D eigenvalue weighted by molar-refractivity contribution is 5.89. The first kappa shape index (κ1) is 30.5. The highest BCUT2D eigenvalue weighted by Gasteiger charge is 2.33.